The molecule has 0 bridgehead atoms. The van der Waals surface area contributed by atoms with Crippen molar-refractivity contribution < 1.29 is 13.2 Å². The molecular weight excluding hydrogens is 277 g/mol. The summed E-state index contributed by atoms with van der Waals surface area (Å²) in [6.07, 6.45) is -4.43. The molecule has 0 aliphatic heterocycles. The van der Waals surface area contributed by atoms with Crippen molar-refractivity contribution in [3.8, 4) is 0 Å². The fourth-order valence-corrected chi connectivity index (χ4v) is 2.19. The van der Waals surface area contributed by atoms with Gasteiger partial charge < -0.3 is 4.57 Å². The molecule has 2 nitrogen and oxygen atoms in total. The summed E-state index contributed by atoms with van der Waals surface area (Å²) >= 11 is 0. The normalized spacial score (nSPS) is 12.0. The molecule has 0 N–H and O–H groups in total. The Morgan fingerprint density at radius 1 is 1.05 bits per heavy atom. The van der Waals surface area contributed by atoms with Crippen molar-refractivity contribution >= 4 is 11.0 Å². The molecule has 1 aromatic carbocycles. The van der Waals surface area contributed by atoms with Gasteiger partial charge in [-0.3, -0.25) is 0 Å². The Morgan fingerprint density at radius 2 is 1.62 bits per heavy atom. The minimum absolute atomic E-state index is 0.272. The first kappa shape index (κ1) is 17.5. The molecule has 0 radical (unpaired) electrons. The number of aromatic nitrogens is 2. The first-order valence-electron chi connectivity index (χ1n) is 7.31. The van der Waals surface area contributed by atoms with Crippen LogP contribution in [-0.4, -0.2) is 9.55 Å². The van der Waals surface area contributed by atoms with Gasteiger partial charge in [-0.1, -0.05) is 33.8 Å². The van der Waals surface area contributed by atoms with E-state index in [4.69, 9.17) is 0 Å². The number of benzene rings is 1. The lowest BCUT2D eigenvalue weighted by Crippen LogP contribution is -2.16. The van der Waals surface area contributed by atoms with Gasteiger partial charge in [0.2, 0.25) is 5.82 Å². The van der Waals surface area contributed by atoms with E-state index in [1.54, 1.807) is 19.9 Å². The van der Waals surface area contributed by atoms with Gasteiger partial charge in [-0.05, 0) is 37.5 Å². The second-order valence-electron chi connectivity index (χ2n) is 5.30. The van der Waals surface area contributed by atoms with Crippen LogP contribution in [0.2, 0.25) is 0 Å². The summed E-state index contributed by atoms with van der Waals surface area (Å²) in [5, 5.41) is 0. The molecular formula is C16H23F3N2. The van der Waals surface area contributed by atoms with Crippen molar-refractivity contribution in [3.63, 3.8) is 0 Å². The van der Waals surface area contributed by atoms with Crippen molar-refractivity contribution in [2.24, 2.45) is 0 Å². The highest BCUT2D eigenvalue weighted by molar-refractivity contribution is 5.77. The van der Waals surface area contributed by atoms with E-state index >= 15 is 0 Å². The molecule has 5 heteroatoms. The van der Waals surface area contributed by atoms with E-state index in [1.165, 1.54) is 4.57 Å². The van der Waals surface area contributed by atoms with Crippen LogP contribution >= 0.6 is 0 Å². The molecule has 1 aromatic heterocycles. The maximum absolute atomic E-state index is 13.0. The largest absolute Gasteiger partial charge is 0.449 e. The lowest BCUT2D eigenvalue weighted by atomic mass is 10.0. The molecule has 0 aliphatic carbocycles. The van der Waals surface area contributed by atoms with Crippen molar-refractivity contribution in [3.05, 3.63) is 29.6 Å². The van der Waals surface area contributed by atoms with Crippen LogP contribution in [0.3, 0.4) is 0 Å². The first-order valence-corrected chi connectivity index (χ1v) is 7.31. The lowest BCUT2D eigenvalue weighted by Gasteiger charge is -2.15. The summed E-state index contributed by atoms with van der Waals surface area (Å²) < 4.78 is 40.3. The number of halogens is 3. The van der Waals surface area contributed by atoms with E-state index in [0.29, 0.717) is 11.0 Å². The van der Waals surface area contributed by atoms with Crippen LogP contribution in [-0.2, 0) is 6.18 Å². The minimum Gasteiger partial charge on any atom is -0.318 e. The highest BCUT2D eigenvalue weighted by Gasteiger charge is 2.38. The molecule has 0 saturated heterocycles. The van der Waals surface area contributed by atoms with Gasteiger partial charge >= 0.3 is 6.18 Å². The average Bonchev–Trinajstić information content (AvgIpc) is 2.79. The smallest absolute Gasteiger partial charge is 0.318 e. The van der Waals surface area contributed by atoms with E-state index in [-0.39, 0.29) is 12.0 Å². The zero-order valence-electron chi connectivity index (χ0n) is 13.4. The highest BCUT2D eigenvalue weighted by atomic mass is 19.4. The lowest BCUT2D eigenvalue weighted by molar-refractivity contribution is -0.147. The molecule has 0 fully saturated rings. The Balaban J connectivity index is 0.00000106. The van der Waals surface area contributed by atoms with E-state index < -0.39 is 12.0 Å². The summed E-state index contributed by atoms with van der Waals surface area (Å²) in [4.78, 5) is 3.74. The number of hydrogen-bond donors (Lipinski definition) is 0. The van der Waals surface area contributed by atoms with Gasteiger partial charge in [0.15, 0.2) is 0 Å². The average molecular weight is 300 g/mol. The highest BCUT2D eigenvalue weighted by Crippen LogP contribution is 2.34. The predicted molar refractivity (Wildman–Crippen MR) is 80.6 cm³/mol. The molecule has 2 rings (SSSR count). The van der Waals surface area contributed by atoms with Gasteiger partial charge in [-0.15, -0.1) is 0 Å². The third-order valence-electron chi connectivity index (χ3n) is 3.15. The Labute approximate surface area is 124 Å². The molecule has 0 unspecified atom stereocenters. The van der Waals surface area contributed by atoms with Crippen molar-refractivity contribution in [2.45, 2.75) is 59.7 Å². The quantitative estimate of drug-likeness (QED) is 0.686. The van der Waals surface area contributed by atoms with Crippen LogP contribution in [0.4, 0.5) is 13.2 Å². The molecule has 0 saturated carbocycles. The van der Waals surface area contributed by atoms with Gasteiger partial charge in [0, 0.05) is 6.04 Å². The van der Waals surface area contributed by atoms with Crippen LogP contribution in [0.5, 0.6) is 0 Å². The fourth-order valence-electron chi connectivity index (χ4n) is 2.19. The Hall–Kier alpha value is -1.52. The number of hydrogen-bond acceptors (Lipinski definition) is 1. The molecule has 0 atom stereocenters. The third-order valence-corrected chi connectivity index (χ3v) is 3.15. The Morgan fingerprint density at radius 3 is 2.05 bits per heavy atom. The van der Waals surface area contributed by atoms with Crippen LogP contribution < -0.4 is 0 Å². The van der Waals surface area contributed by atoms with Gasteiger partial charge in [-0.2, -0.15) is 13.2 Å². The van der Waals surface area contributed by atoms with Gasteiger partial charge in [0.25, 0.3) is 0 Å². The van der Waals surface area contributed by atoms with E-state index in [9.17, 15) is 13.2 Å². The summed E-state index contributed by atoms with van der Waals surface area (Å²) in [5.74, 6) is -0.548. The third kappa shape index (κ3) is 3.57. The maximum atomic E-state index is 13.0. The van der Waals surface area contributed by atoms with E-state index in [0.717, 1.165) is 5.56 Å². The predicted octanol–water partition coefficient (Wildman–Crippen LogP) is 5.79. The summed E-state index contributed by atoms with van der Waals surface area (Å²) in [6, 6.07) is 5.02. The maximum Gasteiger partial charge on any atom is 0.449 e. The molecule has 1 heterocycles. The van der Waals surface area contributed by atoms with Gasteiger partial charge in [0.05, 0.1) is 11.0 Å². The van der Waals surface area contributed by atoms with E-state index in [2.05, 4.69) is 4.98 Å². The number of imidazole rings is 1. The SMILES string of the molecule is CC.CC(C)c1ccc2nc(C(F)(F)F)n(C(C)C)c2c1. The van der Waals surface area contributed by atoms with Crippen LogP contribution in [0.15, 0.2) is 18.2 Å². The van der Waals surface area contributed by atoms with Crippen molar-refractivity contribution in [1.82, 2.24) is 9.55 Å². The van der Waals surface area contributed by atoms with Crippen LogP contribution in [0.1, 0.15) is 64.9 Å². The number of rotatable bonds is 2. The Bertz CT molecular complexity index is 595. The second kappa shape index (κ2) is 6.50. The summed E-state index contributed by atoms with van der Waals surface area (Å²) in [5.41, 5.74) is 1.96. The second-order valence-corrected chi connectivity index (χ2v) is 5.30. The molecule has 0 spiro atoms. The minimum atomic E-state index is -4.43. The molecule has 118 valence electrons. The summed E-state index contributed by atoms with van der Waals surface area (Å²) in [7, 11) is 0. The van der Waals surface area contributed by atoms with Gasteiger partial charge in [0.1, 0.15) is 0 Å². The standard InChI is InChI=1S/C14H17F3N2.C2H6/c1-8(2)10-5-6-11-12(7-10)19(9(3)4)13(18-11)14(15,16)17;1-2/h5-9H,1-4H3;1-2H3. The van der Waals surface area contributed by atoms with Gasteiger partial charge in [-0.25, -0.2) is 4.98 Å². The molecule has 0 aliphatic rings. The topological polar surface area (TPSA) is 17.8 Å². The monoisotopic (exact) mass is 300 g/mol. The van der Waals surface area contributed by atoms with Crippen LogP contribution in [0.25, 0.3) is 11.0 Å². The van der Waals surface area contributed by atoms with E-state index in [1.807, 2.05) is 39.8 Å². The zero-order chi connectivity index (χ0) is 16.4. The van der Waals surface area contributed by atoms with Crippen molar-refractivity contribution in [2.75, 3.05) is 0 Å². The molecule has 21 heavy (non-hydrogen) atoms. The molecule has 0 amide bonds. The first-order chi connectivity index (χ1) is 9.71. The van der Waals surface area contributed by atoms with Crippen LogP contribution in [0, 0.1) is 0 Å². The number of fused-ring (bicyclic) bond motifs is 1. The zero-order valence-corrected chi connectivity index (χ0v) is 13.4. The number of nitrogens with zero attached hydrogens (tertiary/aromatic N) is 2. The van der Waals surface area contributed by atoms with Crippen molar-refractivity contribution in [1.29, 1.82) is 0 Å². The Kier molecular flexibility index (Phi) is 5.42. The number of alkyl halides is 3. The molecule has 2 aromatic rings. The fraction of sp³-hybridized carbons (Fsp3) is 0.562. The summed E-state index contributed by atoms with van der Waals surface area (Å²) in [6.45, 7) is 11.5.